The van der Waals surface area contributed by atoms with Gasteiger partial charge < -0.3 is 30.7 Å². The molecule has 1 aromatic heterocycles. The number of aryl methyl sites for hydroxylation is 2. The van der Waals surface area contributed by atoms with E-state index in [1.807, 2.05) is 38.1 Å². The molecule has 0 unspecified atom stereocenters. The maximum Gasteiger partial charge on any atom is 0.319 e. The number of ether oxygens (including phenoxy) is 1. The number of carbonyl (C=O) groups excluding carboxylic acids is 1. The predicted molar refractivity (Wildman–Crippen MR) is 145 cm³/mol. The average molecular weight is 512 g/mol. The lowest BCUT2D eigenvalue weighted by Crippen LogP contribution is -2.45. The summed E-state index contributed by atoms with van der Waals surface area (Å²) < 4.78 is 5.02. The lowest BCUT2D eigenvalue weighted by molar-refractivity contribution is -0.140. The van der Waals surface area contributed by atoms with Crippen molar-refractivity contribution in [2.45, 2.75) is 57.9 Å². The van der Waals surface area contributed by atoms with E-state index in [1.54, 1.807) is 19.2 Å². The molecule has 202 valence electrons. The lowest BCUT2D eigenvalue weighted by Gasteiger charge is -2.32. The number of aliphatic carboxylic acids is 1. The van der Waals surface area contributed by atoms with Crippen molar-refractivity contribution >= 4 is 17.7 Å². The molecule has 9 heteroatoms. The van der Waals surface area contributed by atoms with Gasteiger partial charge in [0.25, 0.3) is 0 Å². The summed E-state index contributed by atoms with van der Waals surface area (Å²) in [5.41, 5.74) is 2.88. The van der Waals surface area contributed by atoms with E-state index in [4.69, 9.17) is 9.84 Å². The number of pyridine rings is 1. The van der Waals surface area contributed by atoms with E-state index >= 15 is 0 Å². The second-order valence-electron chi connectivity index (χ2n) is 9.81. The molecule has 1 saturated heterocycles. The Morgan fingerprint density at radius 2 is 1.73 bits per heavy atom. The molecule has 4 rings (SSSR count). The van der Waals surface area contributed by atoms with E-state index in [1.165, 1.54) is 12.8 Å². The first-order chi connectivity index (χ1) is 17.8. The molecule has 37 heavy (non-hydrogen) atoms. The van der Waals surface area contributed by atoms with Crippen LogP contribution < -0.4 is 20.7 Å². The molecule has 2 fully saturated rings. The molecule has 0 radical (unpaired) electrons. The predicted octanol–water partition coefficient (Wildman–Crippen LogP) is 3.71. The van der Waals surface area contributed by atoms with Crippen LogP contribution in [0.5, 0.6) is 5.75 Å². The maximum atomic E-state index is 11.9. The highest BCUT2D eigenvalue weighted by atomic mass is 16.5. The summed E-state index contributed by atoms with van der Waals surface area (Å²) in [7, 11) is 1.60. The molecule has 9 nitrogen and oxygen atoms in total. The van der Waals surface area contributed by atoms with E-state index in [9.17, 15) is 9.59 Å². The number of aromatic nitrogens is 1. The molecule has 2 heterocycles. The zero-order valence-corrected chi connectivity index (χ0v) is 22.5. The number of methoxy groups -OCH3 is 1. The van der Waals surface area contributed by atoms with Crippen LogP contribution >= 0.6 is 0 Å². The highest BCUT2D eigenvalue weighted by molar-refractivity contribution is 5.89. The Morgan fingerprint density at radius 1 is 1.11 bits per heavy atom. The number of carboxylic acids is 1. The van der Waals surface area contributed by atoms with Crippen molar-refractivity contribution in [3.63, 3.8) is 0 Å². The van der Waals surface area contributed by atoms with Gasteiger partial charge in [0.2, 0.25) is 0 Å². The second-order valence-corrected chi connectivity index (χ2v) is 9.81. The van der Waals surface area contributed by atoms with Gasteiger partial charge in [-0.1, -0.05) is 19.1 Å². The van der Waals surface area contributed by atoms with E-state index in [-0.39, 0.29) is 6.03 Å². The first kappa shape index (κ1) is 28.4. The van der Waals surface area contributed by atoms with Crippen LogP contribution in [0.15, 0.2) is 36.4 Å². The smallest absolute Gasteiger partial charge is 0.319 e. The van der Waals surface area contributed by atoms with Crippen LogP contribution in [0, 0.1) is 13.8 Å². The van der Waals surface area contributed by atoms with Gasteiger partial charge in [-0.3, -0.25) is 9.78 Å². The summed E-state index contributed by atoms with van der Waals surface area (Å²) in [5.74, 6) is 0.0394. The molecule has 2 amide bonds. The van der Waals surface area contributed by atoms with Crippen LogP contribution in [0.3, 0.4) is 0 Å². The Bertz CT molecular complexity index is 1010. The van der Waals surface area contributed by atoms with Gasteiger partial charge in [-0.25, -0.2) is 4.79 Å². The molecule has 0 spiro atoms. The SMILES string of the molecule is CCNC1CCN(CCNC(=O)Nc2cc(C)nc(C)c2)CC1.COc1ccc(C2(C(=O)O)CC2)cc1. The molecule has 1 aliphatic heterocycles. The number of urea groups is 1. The maximum absolute atomic E-state index is 11.9. The summed E-state index contributed by atoms with van der Waals surface area (Å²) in [6, 6.07) is 11.5. The molecule has 2 aromatic rings. The monoisotopic (exact) mass is 511 g/mol. The Hall–Kier alpha value is -3.17. The van der Waals surface area contributed by atoms with Gasteiger partial charge >= 0.3 is 12.0 Å². The molecule has 0 bridgehead atoms. The number of nitrogens with zero attached hydrogens (tertiary/aromatic N) is 2. The molecule has 1 aromatic carbocycles. The van der Waals surface area contributed by atoms with Gasteiger partial charge in [-0.05, 0) is 89.0 Å². The van der Waals surface area contributed by atoms with Crippen LogP contribution in [-0.2, 0) is 10.2 Å². The molecular weight excluding hydrogens is 470 g/mol. The van der Waals surface area contributed by atoms with E-state index in [0.717, 1.165) is 67.4 Å². The Balaban J connectivity index is 0.000000231. The van der Waals surface area contributed by atoms with Crippen molar-refractivity contribution in [2.75, 3.05) is 45.2 Å². The molecule has 4 N–H and O–H groups in total. The highest BCUT2D eigenvalue weighted by Crippen LogP contribution is 2.48. The van der Waals surface area contributed by atoms with Gasteiger partial charge in [-0.2, -0.15) is 0 Å². The number of benzene rings is 1. The number of amides is 2. The number of carbonyl (C=O) groups is 2. The van der Waals surface area contributed by atoms with Gasteiger partial charge in [0.15, 0.2) is 0 Å². The number of hydrogen-bond donors (Lipinski definition) is 4. The largest absolute Gasteiger partial charge is 0.497 e. The van der Waals surface area contributed by atoms with Crippen molar-refractivity contribution in [3.05, 3.63) is 53.3 Å². The number of nitrogens with one attached hydrogen (secondary N) is 3. The zero-order valence-electron chi connectivity index (χ0n) is 22.5. The van der Waals surface area contributed by atoms with E-state index in [0.29, 0.717) is 12.6 Å². The second kappa shape index (κ2) is 13.4. The van der Waals surface area contributed by atoms with Crippen LogP contribution in [0.2, 0.25) is 0 Å². The molecular formula is C28H41N5O4. The Morgan fingerprint density at radius 3 is 2.24 bits per heavy atom. The number of rotatable bonds is 9. The minimum Gasteiger partial charge on any atom is -0.497 e. The summed E-state index contributed by atoms with van der Waals surface area (Å²) in [4.78, 5) is 29.7. The molecule has 2 aliphatic rings. The summed E-state index contributed by atoms with van der Waals surface area (Å²) >= 11 is 0. The van der Waals surface area contributed by atoms with Crippen molar-refractivity contribution in [1.29, 1.82) is 0 Å². The van der Waals surface area contributed by atoms with Gasteiger partial charge in [0.1, 0.15) is 5.75 Å². The van der Waals surface area contributed by atoms with Gasteiger partial charge in [-0.15, -0.1) is 0 Å². The van der Waals surface area contributed by atoms with E-state index in [2.05, 4.69) is 32.8 Å². The number of piperidine rings is 1. The fourth-order valence-corrected chi connectivity index (χ4v) is 4.72. The minimum atomic E-state index is -0.720. The number of anilines is 1. The third-order valence-corrected chi connectivity index (χ3v) is 6.94. The van der Waals surface area contributed by atoms with Crippen LogP contribution in [0.4, 0.5) is 10.5 Å². The highest BCUT2D eigenvalue weighted by Gasteiger charge is 2.51. The van der Waals surface area contributed by atoms with Crippen LogP contribution in [0.25, 0.3) is 0 Å². The molecule has 0 atom stereocenters. The summed E-state index contributed by atoms with van der Waals surface area (Å²) in [5, 5.41) is 18.3. The van der Waals surface area contributed by atoms with Crippen molar-refractivity contribution < 1.29 is 19.4 Å². The fourth-order valence-electron chi connectivity index (χ4n) is 4.72. The average Bonchev–Trinajstić information content (AvgIpc) is 3.68. The van der Waals surface area contributed by atoms with E-state index < -0.39 is 11.4 Å². The number of hydrogen-bond acceptors (Lipinski definition) is 6. The topological polar surface area (TPSA) is 116 Å². The zero-order chi connectivity index (χ0) is 26.8. The summed E-state index contributed by atoms with van der Waals surface area (Å²) in [6.45, 7) is 10.8. The fraction of sp³-hybridized carbons (Fsp3) is 0.536. The Labute approximate surface area is 220 Å². The minimum absolute atomic E-state index is 0.155. The third kappa shape index (κ3) is 8.43. The number of carboxylic acid groups (broad SMARTS) is 1. The van der Waals surface area contributed by atoms with Crippen molar-refractivity contribution in [3.8, 4) is 5.75 Å². The standard InChI is InChI=1S/C17H29N5O.C11H12O3/c1-4-18-15-5-8-22(9-6-15)10-7-19-17(23)21-16-11-13(2)20-14(3)12-16;1-14-9-4-2-8(3-5-9)11(6-7-11)10(12)13/h11-12,15,18H,4-10H2,1-3H3,(H2,19,20,21,23);2-5H,6-7H2,1H3,(H,12,13). The first-order valence-electron chi connectivity index (χ1n) is 13.1. The van der Waals surface area contributed by atoms with Crippen LogP contribution in [0.1, 0.15) is 49.6 Å². The van der Waals surface area contributed by atoms with Crippen LogP contribution in [-0.4, -0.2) is 72.9 Å². The van der Waals surface area contributed by atoms with Crippen molar-refractivity contribution in [1.82, 2.24) is 20.5 Å². The third-order valence-electron chi connectivity index (χ3n) is 6.94. The van der Waals surface area contributed by atoms with Gasteiger partial charge in [0, 0.05) is 36.2 Å². The molecule has 1 saturated carbocycles. The lowest BCUT2D eigenvalue weighted by atomic mass is 9.96. The Kier molecular flexibility index (Phi) is 10.3. The van der Waals surface area contributed by atoms with Gasteiger partial charge in [0.05, 0.1) is 12.5 Å². The van der Waals surface area contributed by atoms with Crippen molar-refractivity contribution in [2.24, 2.45) is 0 Å². The quantitative estimate of drug-likeness (QED) is 0.406. The molecule has 1 aliphatic carbocycles. The summed E-state index contributed by atoms with van der Waals surface area (Å²) in [6.07, 6.45) is 3.87. The first-order valence-corrected chi connectivity index (χ1v) is 13.1. The number of likely N-dealkylation sites (tertiary alicyclic amines) is 1. The normalized spacial score (nSPS) is 16.8.